The summed E-state index contributed by atoms with van der Waals surface area (Å²) < 4.78 is 5.26. The molecule has 0 saturated carbocycles. The lowest BCUT2D eigenvalue weighted by Crippen LogP contribution is -2.39. The molecule has 1 amide bonds. The number of carbonyl (C=O) groups excluding carboxylic acids is 2. The van der Waals surface area contributed by atoms with Crippen LogP contribution in [0.1, 0.15) is 46.5 Å². The van der Waals surface area contributed by atoms with Crippen LogP contribution in [0.5, 0.6) is 0 Å². The Balaban J connectivity index is 0.000000240. The second kappa shape index (κ2) is 8.25. The molecule has 5 nitrogen and oxygen atoms in total. The van der Waals surface area contributed by atoms with Crippen LogP contribution in [0.2, 0.25) is 0 Å². The van der Waals surface area contributed by atoms with Gasteiger partial charge in [-0.3, -0.25) is 0 Å². The van der Waals surface area contributed by atoms with Gasteiger partial charge in [0.1, 0.15) is 11.9 Å². The number of amides is 1. The first-order valence-electron chi connectivity index (χ1n) is 7.56. The maximum Gasteiger partial charge on any atom is 0.410 e. The highest BCUT2D eigenvalue weighted by atomic mass is 16.6. The molecule has 5 heteroatoms. The third-order valence-electron chi connectivity index (χ3n) is 3.30. The van der Waals surface area contributed by atoms with E-state index in [-0.39, 0.29) is 11.7 Å². The van der Waals surface area contributed by atoms with Crippen molar-refractivity contribution < 1.29 is 14.3 Å². The standard InChI is InChI=1S/C10H19NO2.C5H9NO/c1-10(2,3)13-9(12)11-7-5-4-6-8-11;7-4-5-1-2-6-3-5/h4-8H2,1-3H3;4-6H,1-3H2. The molecular weight excluding hydrogens is 256 g/mol. The normalized spacial score (nSPS) is 22.8. The molecule has 1 unspecified atom stereocenters. The van der Waals surface area contributed by atoms with Crippen LogP contribution in [0.25, 0.3) is 0 Å². The van der Waals surface area contributed by atoms with Crippen molar-refractivity contribution in [2.24, 2.45) is 5.92 Å². The second-order valence-corrected chi connectivity index (χ2v) is 6.42. The average Bonchev–Trinajstić information content (AvgIpc) is 2.92. The first-order chi connectivity index (χ1) is 9.42. The van der Waals surface area contributed by atoms with E-state index in [4.69, 9.17) is 4.74 Å². The van der Waals surface area contributed by atoms with E-state index < -0.39 is 0 Å². The third kappa shape index (κ3) is 6.89. The Bertz CT molecular complexity index is 301. The minimum Gasteiger partial charge on any atom is -0.444 e. The number of piperidine rings is 1. The highest BCUT2D eigenvalue weighted by Gasteiger charge is 2.22. The van der Waals surface area contributed by atoms with Crippen LogP contribution in [0.3, 0.4) is 0 Å². The molecule has 0 spiro atoms. The van der Waals surface area contributed by atoms with Gasteiger partial charge in [-0.15, -0.1) is 0 Å². The van der Waals surface area contributed by atoms with E-state index in [1.165, 1.54) is 6.42 Å². The van der Waals surface area contributed by atoms with Crippen molar-refractivity contribution in [1.29, 1.82) is 0 Å². The Labute approximate surface area is 122 Å². The van der Waals surface area contributed by atoms with Crippen molar-refractivity contribution in [1.82, 2.24) is 10.2 Å². The number of likely N-dealkylation sites (tertiary alicyclic amines) is 1. The SMILES string of the molecule is CC(C)(C)OC(=O)N1CCCCC1.O=CC1CCNC1. The summed E-state index contributed by atoms with van der Waals surface area (Å²) in [6.45, 7) is 9.31. The van der Waals surface area contributed by atoms with E-state index in [0.29, 0.717) is 5.92 Å². The van der Waals surface area contributed by atoms with Crippen LogP contribution in [0.15, 0.2) is 0 Å². The van der Waals surface area contributed by atoms with Crippen LogP contribution < -0.4 is 5.32 Å². The first-order valence-corrected chi connectivity index (χ1v) is 7.56. The molecule has 2 fully saturated rings. The lowest BCUT2D eigenvalue weighted by atomic mass is 10.1. The van der Waals surface area contributed by atoms with E-state index >= 15 is 0 Å². The number of carbonyl (C=O) groups is 2. The van der Waals surface area contributed by atoms with Gasteiger partial charge < -0.3 is 19.7 Å². The summed E-state index contributed by atoms with van der Waals surface area (Å²) in [6, 6.07) is 0. The van der Waals surface area contributed by atoms with Crippen molar-refractivity contribution in [2.75, 3.05) is 26.2 Å². The zero-order chi connectivity index (χ0) is 15.0. The number of hydrogen-bond acceptors (Lipinski definition) is 4. The number of hydrogen-bond donors (Lipinski definition) is 1. The van der Waals surface area contributed by atoms with Gasteiger partial charge in [0, 0.05) is 25.6 Å². The Hall–Kier alpha value is -1.10. The fraction of sp³-hybridized carbons (Fsp3) is 0.867. The highest BCUT2D eigenvalue weighted by molar-refractivity contribution is 5.68. The van der Waals surface area contributed by atoms with Gasteiger partial charge in [-0.25, -0.2) is 4.79 Å². The van der Waals surface area contributed by atoms with Crippen LogP contribution >= 0.6 is 0 Å². The van der Waals surface area contributed by atoms with Gasteiger partial charge in [-0.2, -0.15) is 0 Å². The Kier molecular flexibility index (Phi) is 6.99. The molecular formula is C15H28N2O3. The average molecular weight is 284 g/mol. The largest absolute Gasteiger partial charge is 0.444 e. The summed E-state index contributed by atoms with van der Waals surface area (Å²) in [6.07, 6.45) is 5.36. The molecule has 1 atom stereocenters. The highest BCUT2D eigenvalue weighted by Crippen LogP contribution is 2.14. The monoisotopic (exact) mass is 284 g/mol. The van der Waals surface area contributed by atoms with Gasteiger partial charge >= 0.3 is 6.09 Å². The molecule has 0 radical (unpaired) electrons. The molecule has 1 N–H and O–H groups in total. The second-order valence-electron chi connectivity index (χ2n) is 6.42. The van der Waals surface area contributed by atoms with Crippen LogP contribution in [0.4, 0.5) is 4.79 Å². The van der Waals surface area contributed by atoms with Crippen molar-refractivity contribution >= 4 is 12.4 Å². The summed E-state index contributed by atoms with van der Waals surface area (Å²) in [5.41, 5.74) is -0.367. The Morgan fingerprint density at radius 3 is 2.30 bits per heavy atom. The maximum atomic E-state index is 11.5. The van der Waals surface area contributed by atoms with Gasteiger partial charge in [0.05, 0.1) is 0 Å². The number of nitrogens with zero attached hydrogens (tertiary/aromatic N) is 1. The molecule has 2 aliphatic rings. The molecule has 0 aromatic rings. The smallest absolute Gasteiger partial charge is 0.410 e. The van der Waals surface area contributed by atoms with Crippen molar-refractivity contribution in [2.45, 2.75) is 52.1 Å². The third-order valence-corrected chi connectivity index (χ3v) is 3.30. The van der Waals surface area contributed by atoms with Gasteiger partial charge in [0.15, 0.2) is 0 Å². The lowest BCUT2D eigenvalue weighted by Gasteiger charge is -2.29. The van der Waals surface area contributed by atoms with Crippen LogP contribution in [0, 0.1) is 5.92 Å². The van der Waals surface area contributed by atoms with E-state index in [1.807, 2.05) is 20.8 Å². The van der Waals surface area contributed by atoms with Gasteiger partial charge in [0.2, 0.25) is 0 Å². The predicted molar refractivity (Wildman–Crippen MR) is 78.7 cm³/mol. The number of rotatable bonds is 1. The molecule has 20 heavy (non-hydrogen) atoms. The van der Waals surface area contributed by atoms with Gasteiger partial charge in [-0.05, 0) is 53.0 Å². The quantitative estimate of drug-likeness (QED) is 0.750. The summed E-state index contributed by atoms with van der Waals surface area (Å²) in [4.78, 5) is 23.3. The molecule has 2 heterocycles. The topological polar surface area (TPSA) is 58.6 Å². The van der Waals surface area contributed by atoms with Gasteiger partial charge in [-0.1, -0.05) is 0 Å². The number of nitrogens with one attached hydrogen (secondary N) is 1. The molecule has 2 rings (SSSR count). The fourth-order valence-corrected chi connectivity index (χ4v) is 2.20. The fourth-order valence-electron chi connectivity index (χ4n) is 2.20. The van der Waals surface area contributed by atoms with Crippen molar-refractivity contribution in [3.63, 3.8) is 0 Å². The molecule has 0 aliphatic carbocycles. The van der Waals surface area contributed by atoms with Crippen LogP contribution in [-0.4, -0.2) is 49.1 Å². The van der Waals surface area contributed by atoms with E-state index in [9.17, 15) is 9.59 Å². The Morgan fingerprint density at radius 2 is 1.90 bits per heavy atom. The maximum absolute atomic E-state index is 11.5. The Morgan fingerprint density at radius 1 is 1.25 bits per heavy atom. The molecule has 2 aliphatic heterocycles. The zero-order valence-corrected chi connectivity index (χ0v) is 13.0. The lowest BCUT2D eigenvalue weighted by molar-refractivity contribution is -0.110. The van der Waals surface area contributed by atoms with Crippen molar-refractivity contribution in [3.05, 3.63) is 0 Å². The van der Waals surface area contributed by atoms with Crippen molar-refractivity contribution in [3.8, 4) is 0 Å². The van der Waals surface area contributed by atoms with E-state index in [0.717, 1.165) is 51.7 Å². The molecule has 0 aromatic carbocycles. The number of ether oxygens (including phenoxy) is 1. The zero-order valence-electron chi connectivity index (χ0n) is 13.0. The minimum absolute atomic E-state index is 0.160. The number of aldehydes is 1. The molecule has 2 saturated heterocycles. The summed E-state index contributed by atoms with van der Waals surface area (Å²) in [5, 5.41) is 3.09. The molecule has 0 bridgehead atoms. The molecule has 116 valence electrons. The summed E-state index contributed by atoms with van der Waals surface area (Å²) in [7, 11) is 0. The predicted octanol–water partition coefficient (Wildman–Crippen LogP) is 2.20. The van der Waals surface area contributed by atoms with Gasteiger partial charge in [0.25, 0.3) is 0 Å². The van der Waals surface area contributed by atoms with E-state index in [2.05, 4.69) is 5.32 Å². The summed E-state index contributed by atoms with van der Waals surface area (Å²) >= 11 is 0. The summed E-state index contributed by atoms with van der Waals surface area (Å²) in [5.74, 6) is 0.306. The van der Waals surface area contributed by atoms with E-state index in [1.54, 1.807) is 4.90 Å². The first kappa shape index (κ1) is 17.0. The minimum atomic E-state index is -0.367. The molecule has 0 aromatic heterocycles. The van der Waals surface area contributed by atoms with Crippen LogP contribution in [-0.2, 0) is 9.53 Å².